The van der Waals surface area contributed by atoms with Gasteiger partial charge >= 0.3 is 0 Å². The molecule has 0 atom stereocenters. The van der Waals surface area contributed by atoms with Gasteiger partial charge in [0.1, 0.15) is 17.4 Å². The van der Waals surface area contributed by atoms with Crippen molar-refractivity contribution in [2.24, 2.45) is 0 Å². The fraction of sp³-hybridized carbons (Fsp3) is 0.182. The van der Waals surface area contributed by atoms with Gasteiger partial charge in [0, 0.05) is 17.1 Å². The van der Waals surface area contributed by atoms with Crippen LogP contribution in [0.1, 0.15) is 28.3 Å². The molecule has 0 aliphatic rings. The molecule has 0 bridgehead atoms. The minimum absolute atomic E-state index is 0.0617. The lowest BCUT2D eigenvalue weighted by Gasteiger charge is -2.12. The maximum atomic E-state index is 12.4. The molecular formula is C22H21N3O2. The number of amides is 1. The number of carbonyl (C=O) groups is 1. The van der Waals surface area contributed by atoms with Gasteiger partial charge in [0.2, 0.25) is 0 Å². The van der Waals surface area contributed by atoms with Crippen LogP contribution in [0.4, 0.5) is 0 Å². The second kappa shape index (κ2) is 7.79. The first-order chi connectivity index (χ1) is 13.0. The highest BCUT2D eigenvalue weighted by molar-refractivity contribution is 6.01. The highest BCUT2D eigenvalue weighted by Crippen LogP contribution is 2.24. The molecule has 3 aromatic rings. The average Bonchev–Trinajstić information content (AvgIpc) is 3.27. The Hall–Kier alpha value is -3.52. The van der Waals surface area contributed by atoms with E-state index in [1.807, 2.05) is 38.1 Å². The normalized spacial score (nSPS) is 11.3. The molecule has 0 unspecified atom stereocenters. The van der Waals surface area contributed by atoms with Crippen molar-refractivity contribution in [3.63, 3.8) is 0 Å². The zero-order valence-electron chi connectivity index (χ0n) is 15.6. The minimum atomic E-state index is -0.422. The Bertz CT molecular complexity index is 1030. The van der Waals surface area contributed by atoms with Crippen molar-refractivity contribution in [3.8, 4) is 11.8 Å². The molecule has 0 aliphatic carbocycles. The van der Waals surface area contributed by atoms with Crippen LogP contribution in [0.25, 0.3) is 11.8 Å². The molecule has 0 saturated heterocycles. The van der Waals surface area contributed by atoms with Crippen LogP contribution in [0.2, 0.25) is 0 Å². The Morgan fingerprint density at radius 1 is 1.22 bits per heavy atom. The standard InChI is InChI=1S/C22H21N3O2/c1-15-7-4-5-9-21(15)25-16(2)11-18(17(25)3)12-19(13-23)22(26)24-14-20-8-6-10-27-20/h4-12H,14H2,1-3H3,(H,24,26)/b19-12+. The van der Waals surface area contributed by atoms with Gasteiger partial charge in [-0.05, 0) is 62.2 Å². The summed E-state index contributed by atoms with van der Waals surface area (Å²) in [6, 6.07) is 15.6. The van der Waals surface area contributed by atoms with Crippen LogP contribution in [0.3, 0.4) is 0 Å². The fourth-order valence-corrected chi connectivity index (χ4v) is 3.10. The number of carbonyl (C=O) groups excluding carboxylic acids is 1. The van der Waals surface area contributed by atoms with Crippen molar-refractivity contribution in [2.45, 2.75) is 27.3 Å². The van der Waals surface area contributed by atoms with Gasteiger partial charge in [-0.25, -0.2) is 0 Å². The number of para-hydroxylation sites is 1. The Morgan fingerprint density at radius 2 is 2.00 bits per heavy atom. The van der Waals surface area contributed by atoms with Crippen LogP contribution in [0.15, 0.2) is 58.7 Å². The molecule has 0 spiro atoms. The van der Waals surface area contributed by atoms with Crippen molar-refractivity contribution in [3.05, 3.63) is 82.6 Å². The van der Waals surface area contributed by atoms with Crippen LogP contribution >= 0.6 is 0 Å². The van der Waals surface area contributed by atoms with E-state index in [0.717, 1.165) is 28.2 Å². The summed E-state index contributed by atoms with van der Waals surface area (Å²) in [5.41, 5.74) is 5.18. The van der Waals surface area contributed by atoms with Gasteiger partial charge in [0.15, 0.2) is 0 Å². The first-order valence-corrected chi connectivity index (χ1v) is 8.68. The quantitative estimate of drug-likeness (QED) is 0.548. The SMILES string of the molecule is Cc1ccccc1-n1c(C)cc(/C=C(\C#N)C(=O)NCc2ccco2)c1C. The van der Waals surface area contributed by atoms with Gasteiger partial charge in [-0.1, -0.05) is 18.2 Å². The Kier molecular flexibility index (Phi) is 5.28. The van der Waals surface area contributed by atoms with Gasteiger partial charge in [-0.3, -0.25) is 4.79 Å². The third kappa shape index (κ3) is 3.85. The van der Waals surface area contributed by atoms with E-state index in [4.69, 9.17) is 4.42 Å². The number of rotatable bonds is 5. The number of aromatic nitrogens is 1. The average molecular weight is 359 g/mol. The summed E-state index contributed by atoms with van der Waals surface area (Å²) in [4.78, 5) is 12.4. The Labute approximate surface area is 158 Å². The molecule has 2 aromatic heterocycles. The number of furan rings is 1. The number of nitriles is 1. The second-order valence-electron chi connectivity index (χ2n) is 6.38. The Morgan fingerprint density at radius 3 is 2.67 bits per heavy atom. The molecule has 5 heteroatoms. The lowest BCUT2D eigenvalue weighted by atomic mass is 10.1. The van der Waals surface area contributed by atoms with E-state index in [0.29, 0.717) is 5.76 Å². The number of hydrogen-bond donors (Lipinski definition) is 1. The highest BCUT2D eigenvalue weighted by Gasteiger charge is 2.14. The first-order valence-electron chi connectivity index (χ1n) is 8.68. The molecule has 5 nitrogen and oxygen atoms in total. The van der Waals surface area contributed by atoms with Crippen LogP contribution < -0.4 is 5.32 Å². The monoisotopic (exact) mass is 359 g/mol. The third-order valence-electron chi connectivity index (χ3n) is 4.49. The third-order valence-corrected chi connectivity index (χ3v) is 4.49. The number of nitrogens with one attached hydrogen (secondary N) is 1. The summed E-state index contributed by atoms with van der Waals surface area (Å²) in [6.07, 6.45) is 3.18. The highest BCUT2D eigenvalue weighted by atomic mass is 16.3. The van der Waals surface area contributed by atoms with E-state index in [-0.39, 0.29) is 12.1 Å². The summed E-state index contributed by atoms with van der Waals surface area (Å²) < 4.78 is 7.33. The van der Waals surface area contributed by atoms with E-state index in [1.165, 1.54) is 0 Å². The number of benzene rings is 1. The molecule has 0 aliphatic heterocycles. The summed E-state index contributed by atoms with van der Waals surface area (Å²) in [7, 11) is 0. The molecule has 1 amide bonds. The molecule has 0 saturated carbocycles. The van der Waals surface area contributed by atoms with Crippen LogP contribution in [0, 0.1) is 32.1 Å². The zero-order valence-corrected chi connectivity index (χ0v) is 15.6. The van der Waals surface area contributed by atoms with E-state index in [9.17, 15) is 10.1 Å². The van der Waals surface area contributed by atoms with E-state index < -0.39 is 5.91 Å². The summed E-state index contributed by atoms with van der Waals surface area (Å²) >= 11 is 0. The molecule has 2 heterocycles. The minimum Gasteiger partial charge on any atom is -0.467 e. The van der Waals surface area contributed by atoms with Crippen molar-refractivity contribution in [1.82, 2.24) is 9.88 Å². The molecule has 0 radical (unpaired) electrons. The topological polar surface area (TPSA) is 71.0 Å². The van der Waals surface area contributed by atoms with Gasteiger partial charge in [-0.2, -0.15) is 5.26 Å². The maximum absolute atomic E-state index is 12.4. The number of hydrogen-bond acceptors (Lipinski definition) is 3. The summed E-state index contributed by atoms with van der Waals surface area (Å²) in [5.74, 6) is 0.216. The smallest absolute Gasteiger partial charge is 0.262 e. The van der Waals surface area contributed by atoms with Crippen molar-refractivity contribution in [2.75, 3.05) is 0 Å². The number of aryl methyl sites for hydroxylation is 2. The van der Waals surface area contributed by atoms with E-state index >= 15 is 0 Å². The molecule has 3 rings (SSSR count). The molecule has 27 heavy (non-hydrogen) atoms. The predicted octanol–water partition coefficient (Wildman–Crippen LogP) is 4.22. The molecule has 1 aromatic carbocycles. The van der Waals surface area contributed by atoms with Crippen molar-refractivity contribution >= 4 is 12.0 Å². The lowest BCUT2D eigenvalue weighted by Crippen LogP contribution is -2.23. The Balaban J connectivity index is 1.89. The van der Waals surface area contributed by atoms with Crippen LogP contribution in [-0.2, 0) is 11.3 Å². The molecule has 0 fully saturated rings. The van der Waals surface area contributed by atoms with Gasteiger partial charge < -0.3 is 14.3 Å². The molecular weight excluding hydrogens is 338 g/mol. The van der Waals surface area contributed by atoms with Gasteiger partial charge in [0.25, 0.3) is 5.91 Å². The summed E-state index contributed by atoms with van der Waals surface area (Å²) in [5, 5.41) is 12.1. The van der Waals surface area contributed by atoms with Crippen LogP contribution in [-0.4, -0.2) is 10.5 Å². The lowest BCUT2D eigenvalue weighted by molar-refractivity contribution is -0.117. The predicted molar refractivity (Wildman–Crippen MR) is 104 cm³/mol. The van der Waals surface area contributed by atoms with Crippen molar-refractivity contribution < 1.29 is 9.21 Å². The van der Waals surface area contributed by atoms with E-state index in [2.05, 4.69) is 28.9 Å². The number of nitrogens with zero attached hydrogens (tertiary/aromatic N) is 2. The van der Waals surface area contributed by atoms with Crippen LogP contribution in [0.5, 0.6) is 0 Å². The maximum Gasteiger partial charge on any atom is 0.262 e. The zero-order chi connectivity index (χ0) is 19.4. The van der Waals surface area contributed by atoms with Gasteiger partial charge in [0.05, 0.1) is 12.8 Å². The fourth-order valence-electron chi connectivity index (χ4n) is 3.10. The largest absolute Gasteiger partial charge is 0.467 e. The molecule has 136 valence electrons. The first kappa shape index (κ1) is 18.3. The van der Waals surface area contributed by atoms with Crippen molar-refractivity contribution in [1.29, 1.82) is 5.26 Å². The second-order valence-corrected chi connectivity index (χ2v) is 6.38. The summed E-state index contributed by atoms with van der Waals surface area (Å²) in [6.45, 7) is 6.31. The van der Waals surface area contributed by atoms with Gasteiger partial charge in [-0.15, -0.1) is 0 Å². The molecule has 1 N–H and O–H groups in total. The van der Waals surface area contributed by atoms with E-state index in [1.54, 1.807) is 24.5 Å².